The fourth-order valence-electron chi connectivity index (χ4n) is 1.94. The van der Waals surface area contributed by atoms with Crippen LogP contribution in [0.15, 0.2) is 29.2 Å². The predicted octanol–water partition coefficient (Wildman–Crippen LogP) is 2.43. The van der Waals surface area contributed by atoms with Crippen molar-refractivity contribution in [3.05, 3.63) is 34.7 Å². The van der Waals surface area contributed by atoms with E-state index in [1.807, 2.05) is 43.3 Å². The first-order valence-corrected chi connectivity index (χ1v) is 7.81. The molecule has 1 aliphatic heterocycles. The Morgan fingerprint density at radius 3 is 2.45 bits per heavy atom. The number of anilines is 1. The average molecular weight is 336 g/mol. The number of hydrogen-bond acceptors (Lipinski definition) is 5. The number of amides is 1. The van der Waals surface area contributed by atoms with Crippen molar-refractivity contribution in [3.63, 3.8) is 0 Å². The van der Waals surface area contributed by atoms with Gasteiger partial charge in [-0.2, -0.15) is 0 Å². The summed E-state index contributed by atoms with van der Waals surface area (Å²) >= 11 is 6.25. The zero-order valence-electron chi connectivity index (χ0n) is 12.4. The number of thioether (sulfide) groups is 1. The summed E-state index contributed by atoms with van der Waals surface area (Å²) in [6.45, 7) is 1.45. The number of thiocarbonyl (C=S) groups is 1. The summed E-state index contributed by atoms with van der Waals surface area (Å²) in [5, 5.41) is 9.05. The van der Waals surface area contributed by atoms with E-state index < -0.39 is 12.0 Å². The lowest BCUT2D eigenvalue weighted by Gasteiger charge is -2.18. The average Bonchev–Trinajstić information content (AvgIpc) is 2.73. The van der Waals surface area contributed by atoms with Gasteiger partial charge in [-0.1, -0.05) is 36.1 Å². The fraction of sp³-hybridized carbons (Fsp3) is 0.267. The highest BCUT2D eigenvalue weighted by molar-refractivity contribution is 8.26. The van der Waals surface area contributed by atoms with E-state index in [9.17, 15) is 9.59 Å². The third-order valence-electron chi connectivity index (χ3n) is 3.28. The zero-order chi connectivity index (χ0) is 16.4. The van der Waals surface area contributed by atoms with Crippen LogP contribution in [0.4, 0.5) is 5.69 Å². The van der Waals surface area contributed by atoms with Crippen LogP contribution in [0.25, 0.3) is 6.08 Å². The molecule has 1 saturated heterocycles. The minimum Gasteiger partial charge on any atom is -0.480 e. The van der Waals surface area contributed by atoms with Gasteiger partial charge in [0.25, 0.3) is 5.91 Å². The molecule has 0 radical (unpaired) electrons. The molecule has 1 amide bonds. The molecule has 1 aromatic rings. The van der Waals surface area contributed by atoms with Gasteiger partial charge >= 0.3 is 5.97 Å². The Morgan fingerprint density at radius 2 is 1.95 bits per heavy atom. The fourth-order valence-corrected chi connectivity index (χ4v) is 3.36. The van der Waals surface area contributed by atoms with Gasteiger partial charge < -0.3 is 10.0 Å². The molecule has 7 heteroatoms. The second kappa shape index (κ2) is 6.50. The molecule has 0 bridgehead atoms. The highest BCUT2D eigenvalue weighted by Gasteiger charge is 2.38. The first-order valence-electron chi connectivity index (χ1n) is 6.58. The topological polar surface area (TPSA) is 60.9 Å². The second-order valence-corrected chi connectivity index (χ2v) is 6.73. The normalized spacial score (nSPS) is 18.0. The van der Waals surface area contributed by atoms with E-state index in [4.69, 9.17) is 17.3 Å². The maximum absolute atomic E-state index is 12.3. The largest absolute Gasteiger partial charge is 0.480 e. The van der Waals surface area contributed by atoms with Gasteiger partial charge in [0.05, 0.1) is 4.91 Å². The standard InChI is InChI=1S/C15H16N2O3S2/c1-9(14(19)20)17-13(18)12(22-15(17)21)8-10-4-6-11(7-5-10)16(2)3/h4-9H,1-3H3,(H,19,20)/b12-8-/t9-/m1/s1. The molecule has 1 aliphatic rings. The van der Waals surface area contributed by atoms with Crippen LogP contribution in [0, 0.1) is 0 Å². The van der Waals surface area contributed by atoms with Gasteiger partial charge in [-0.25, -0.2) is 4.79 Å². The Bertz CT molecular complexity index is 653. The van der Waals surface area contributed by atoms with Gasteiger partial charge in [0.1, 0.15) is 10.4 Å². The molecule has 1 N–H and O–H groups in total. The minimum absolute atomic E-state index is 0.274. The number of hydrogen-bond donors (Lipinski definition) is 1. The molecule has 1 fully saturated rings. The molecule has 1 atom stereocenters. The van der Waals surface area contributed by atoms with Crippen molar-refractivity contribution in [2.75, 3.05) is 19.0 Å². The maximum Gasteiger partial charge on any atom is 0.326 e. The molecule has 0 unspecified atom stereocenters. The van der Waals surface area contributed by atoms with Crippen LogP contribution >= 0.6 is 24.0 Å². The molecule has 22 heavy (non-hydrogen) atoms. The number of aliphatic carboxylic acids is 1. The molecule has 1 aromatic carbocycles. The van der Waals surface area contributed by atoms with E-state index in [1.54, 1.807) is 6.08 Å². The van der Waals surface area contributed by atoms with Gasteiger partial charge in [0, 0.05) is 19.8 Å². The monoisotopic (exact) mass is 336 g/mol. The van der Waals surface area contributed by atoms with Gasteiger partial charge in [0.15, 0.2) is 0 Å². The van der Waals surface area contributed by atoms with Crippen molar-refractivity contribution in [2.24, 2.45) is 0 Å². The van der Waals surface area contributed by atoms with E-state index in [0.29, 0.717) is 4.91 Å². The van der Waals surface area contributed by atoms with E-state index in [2.05, 4.69) is 0 Å². The van der Waals surface area contributed by atoms with Gasteiger partial charge in [-0.05, 0) is 30.7 Å². The third-order valence-corrected chi connectivity index (χ3v) is 4.61. The Morgan fingerprint density at radius 1 is 1.36 bits per heavy atom. The molecule has 5 nitrogen and oxygen atoms in total. The lowest BCUT2D eigenvalue weighted by molar-refractivity contribution is -0.144. The molecule has 2 rings (SSSR count). The quantitative estimate of drug-likeness (QED) is 0.673. The van der Waals surface area contributed by atoms with Crippen molar-refractivity contribution in [1.82, 2.24) is 4.90 Å². The SMILES string of the molecule is C[C@H](C(=O)O)N1C(=O)/C(=C/c2ccc(N(C)C)cc2)SC1=S. The van der Waals surface area contributed by atoms with Crippen LogP contribution in [0.3, 0.4) is 0 Å². The summed E-state index contributed by atoms with van der Waals surface area (Å²) < 4.78 is 0.274. The molecular formula is C15H16N2O3S2. The number of nitrogens with zero attached hydrogens (tertiary/aromatic N) is 2. The van der Waals surface area contributed by atoms with Crippen LogP contribution in [0.1, 0.15) is 12.5 Å². The van der Waals surface area contributed by atoms with E-state index >= 15 is 0 Å². The van der Waals surface area contributed by atoms with Crippen LogP contribution < -0.4 is 4.90 Å². The molecule has 0 aromatic heterocycles. The van der Waals surface area contributed by atoms with Gasteiger partial charge in [0.2, 0.25) is 0 Å². The van der Waals surface area contributed by atoms with Gasteiger partial charge in [-0.3, -0.25) is 9.69 Å². The van der Waals surface area contributed by atoms with Crippen molar-refractivity contribution >= 4 is 51.9 Å². The van der Waals surface area contributed by atoms with E-state index in [0.717, 1.165) is 27.9 Å². The first-order chi connectivity index (χ1) is 10.3. The summed E-state index contributed by atoms with van der Waals surface area (Å²) in [6.07, 6.45) is 1.73. The Kier molecular flexibility index (Phi) is 4.87. The van der Waals surface area contributed by atoms with E-state index in [-0.39, 0.29) is 10.2 Å². The molecule has 0 aliphatic carbocycles. The molecule has 0 spiro atoms. The highest BCUT2D eigenvalue weighted by atomic mass is 32.2. The summed E-state index contributed by atoms with van der Waals surface area (Å²) in [5.41, 5.74) is 1.93. The second-order valence-electron chi connectivity index (χ2n) is 5.05. The number of carboxylic acid groups (broad SMARTS) is 1. The number of carboxylic acids is 1. The van der Waals surface area contributed by atoms with Crippen molar-refractivity contribution in [3.8, 4) is 0 Å². The minimum atomic E-state index is -1.08. The van der Waals surface area contributed by atoms with Crippen LogP contribution in [0.5, 0.6) is 0 Å². The predicted molar refractivity (Wildman–Crippen MR) is 92.9 cm³/mol. The highest BCUT2D eigenvalue weighted by Crippen LogP contribution is 2.34. The van der Waals surface area contributed by atoms with Crippen LogP contribution in [-0.4, -0.2) is 46.3 Å². The third kappa shape index (κ3) is 3.31. The molecular weight excluding hydrogens is 320 g/mol. The van der Waals surface area contributed by atoms with E-state index in [1.165, 1.54) is 6.92 Å². The number of carbonyl (C=O) groups excluding carboxylic acids is 1. The van der Waals surface area contributed by atoms with Crippen molar-refractivity contribution in [2.45, 2.75) is 13.0 Å². The Hall–Kier alpha value is -1.86. The van der Waals surface area contributed by atoms with Crippen LogP contribution in [-0.2, 0) is 9.59 Å². The summed E-state index contributed by atoms with van der Waals surface area (Å²) in [6, 6.07) is 6.75. The maximum atomic E-state index is 12.3. The summed E-state index contributed by atoms with van der Waals surface area (Å²) in [5.74, 6) is -1.44. The number of benzene rings is 1. The number of rotatable bonds is 4. The Balaban J connectivity index is 2.24. The molecule has 116 valence electrons. The first kappa shape index (κ1) is 16.5. The smallest absolute Gasteiger partial charge is 0.326 e. The number of carbonyl (C=O) groups is 2. The molecule has 1 heterocycles. The van der Waals surface area contributed by atoms with Crippen LogP contribution in [0.2, 0.25) is 0 Å². The summed E-state index contributed by atoms with van der Waals surface area (Å²) in [4.78, 5) is 26.9. The molecule has 0 saturated carbocycles. The van der Waals surface area contributed by atoms with Crippen molar-refractivity contribution in [1.29, 1.82) is 0 Å². The van der Waals surface area contributed by atoms with Gasteiger partial charge in [-0.15, -0.1) is 0 Å². The summed E-state index contributed by atoms with van der Waals surface area (Å²) in [7, 11) is 3.90. The lowest BCUT2D eigenvalue weighted by atomic mass is 10.2. The lowest BCUT2D eigenvalue weighted by Crippen LogP contribution is -2.41. The zero-order valence-corrected chi connectivity index (χ0v) is 14.1. The van der Waals surface area contributed by atoms with Crippen molar-refractivity contribution < 1.29 is 14.7 Å². The Labute approximate surface area is 138 Å².